The van der Waals surface area contributed by atoms with E-state index < -0.39 is 10.0 Å². The highest BCUT2D eigenvalue weighted by molar-refractivity contribution is 7.89. The molecule has 0 radical (unpaired) electrons. The van der Waals surface area contributed by atoms with Crippen LogP contribution in [-0.4, -0.2) is 8.42 Å². The van der Waals surface area contributed by atoms with Crippen LogP contribution in [0.3, 0.4) is 0 Å². The summed E-state index contributed by atoms with van der Waals surface area (Å²) in [5.74, 6) is 0. The van der Waals surface area contributed by atoms with Crippen LogP contribution in [0.2, 0.25) is 10.0 Å². The lowest BCUT2D eigenvalue weighted by Crippen LogP contribution is -2.24. The lowest BCUT2D eigenvalue weighted by Gasteiger charge is -2.10. The fraction of sp³-hybridized carbons (Fsp3) is 0.0909. The Morgan fingerprint density at radius 3 is 2.63 bits per heavy atom. The highest BCUT2D eigenvalue weighted by atomic mass is 35.5. The molecule has 2 aromatic rings. The van der Waals surface area contributed by atoms with Gasteiger partial charge in [0.2, 0.25) is 10.0 Å². The van der Waals surface area contributed by atoms with Gasteiger partial charge in [0, 0.05) is 16.4 Å². The molecule has 1 aromatic carbocycles. The number of anilines is 1. The molecule has 1 heterocycles. The summed E-state index contributed by atoms with van der Waals surface area (Å²) in [6, 6.07) is 6.38. The second kappa shape index (κ2) is 5.68. The fourth-order valence-corrected chi connectivity index (χ4v) is 4.24. The van der Waals surface area contributed by atoms with E-state index in [2.05, 4.69) is 4.72 Å². The summed E-state index contributed by atoms with van der Waals surface area (Å²) in [5.41, 5.74) is 5.70. The zero-order valence-corrected chi connectivity index (χ0v) is 12.7. The van der Waals surface area contributed by atoms with Crippen molar-refractivity contribution in [2.24, 2.45) is 0 Å². The van der Waals surface area contributed by atoms with E-state index in [9.17, 15) is 8.42 Å². The summed E-state index contributed by atoms with van der Waals surface area (Å²) < 4.78 is 26.8. The number of benzene rings is 1. The molecule has 4 nitrogen and oxygen atoms in total. The lowest BCUT2D eigenvalue weighted by atomic mass is 10.3. The van der Waals surface area contributed by atoms with E-state index >= 15 is 0 Å². The number of hydrogen-bond donors (Lipinski definition) is 2. The Hall–Kier alpha value is -0.790. The van der Waals surface area contributed by atoms with Crippen molar-refractivity contribution in [3.8, 4) is 0 Å². The van der Waals surface area contributed by atoms with E-state index in [0.717, 1.165) is 4.88 Å². The Balaban J connectivity index is 2.29. The molecule has 102 valence electrons. The van der Waals surface area contributed by atoms with Gasteiger partial charge in [-0.15, -0.1) is 11.3 Å². The summed E-state index contributed by atoms with van der Waals surface area (Å²) in [7, 11) is -3.77. The van der Waals surface area contributed by atoms with E-state index in [4.69, 9.17) is 28.9 Å². The van der Waals surface area contributed by atoms with Gasteiger partial charge in [0.05, 0.1) is 10.7 Å². The molecule has 0 aliphatic heterocycles. The van der Waals surface area contributed by atoms with Gasteiger partial charge in [-0.1, -0.05) is 29.3 Å². The Kier molecular flexibility index (Phi) is 4.37. The van der Waals surface area contributed by atoms with E-state index in [1.165, 1.54) is 23.5 Å². The number of nitrogen functional groups attached to an aromatic ring is 1. The number of thiophene rings is 1. The molecule has 0 unspecified atom stereocenters. The predicted octanol–water partition coefficient (Wildman–Crippen LogP) is 3.12. The molecule has 0 saturated carbocycles. The van der Waals surface area contributed by atoms with Crippen LogP contribution in [0, 0.1) is 0 Å². The van der Waals surface area contributed by atoms with Crippen molar-refractivity contribution in [3.05, 3.63) is 44.6 Å². The molecule has 8 heteroatoms. The third kappa shape index (κ3) is 3.40. The van der Waals surface area contributed by atoms with Crippen LogP contribution in [0.25, 0.3) is 0 Å². The van der Waals surface area contributed by atoms with Gasteiger partial charge in [0.1, 0.15) is 4.90 Å². The second-order valence-electron chi connectivity index (χ2n) is 3.71. The minimum atomic E-state index is -3.77. The Bertz CT molecular complexity index is 662. The fourth-order valence-electron chi connectivity index (χ4n) is 1.52. The standard InChI is InChI=1S/C11H10Cl2N2O2S2/c12-7-4-9(13)11(10(14)5-7)19(16,17)15-6-8-2-1-3-18-8/h1-5,15H,6,14H2. The summed E-state index contributed by atoms with van der Waals surface area (Å²) >= 11 is 13.1. The number of hydrogen-bond acceptors (Lipinski definition) is 4. The van der Waals surface area contributed by atoms with E-state index in [1.807, 2.05) is 17.5 Å². The van der Waals surface area contributed by atoms with E-state index in [-0.39, 0.29) is 22.2 Å². The zero-order chi connectivity index (χ0) is 14.0. The summed E-state index contributed by atoms with van der Waals surface area (Å²) in [5, 5.41) is 2.16. The van der Waals surface area contributed by atoms with Gasteiger partial charge < -0.3 is 5.73 Å². The highest BCUT2D eigenvalue weighted by Gasteiger charge is 2.21. The number of nitrogens with one attached hydrogen (secondary N) is 1. The Morgan fingerprint density at radius 1 is 1.32 bits per heavy atom. The first-order valence-electron chi connectivity index (χ1n) is 5.17. The normalized spacial score (nSPS) is 11.7. The van der Waals surface area contributed by atoms with Gasteiger partial charge in [0.15, 0.2) is 0 Å². The summed E-state index contributed by atoms with van der Waals surface area (Å²) in [4.78, 5) is 0.752. The Labute approximate surface area is 125 Å². The first-order valence-corrected chi connectivity index (χ1v) is 8.28. The molecule has 1 aromatic heterocycles. The molecule has 0 atom stereocenters. The number of halogens is 2. The van der Waals surface area contributed by atoms with Crippen LogP contribution in [0.5, 0.6) is 0 Å². The smallest absolute Gasteiger partial charge is 0.244 e. The van der Waals surface area contributed by atoms with Crippen molar-refractivity contribution in [1.82, 2.24) is 4.72 Å². The van der Waals surface area contributed by atoms with Crippen molar-refractivity contribution in [3.63, 3.8) is 0 Å². The average Bonchev–Trinajstić information content (AvgIpc) is 2.77. The maximum Gasteiger partial charge on any atom is 0.244 e. The third-order valence-corrected chi connectivity index (χ3v) is 5.34. The van der Waals surface area contributed by atoms with Crippen LogP contribution in [0.15, 0.2) is 34.5 Å². The molecule has 0 aliphatic rings. The van der Waals surface area contributed by atoms with Crippen LogP contribution in [0.4, 0.5) is 5.69 Å². The summed E-state index contributed by atoms with van der Waals surface area (Å²) in [6.07, 6.45) is 0. The van der Waals surface area contributed by atoms with E-state index in [0.29, 0.717) is 5.02 Å². The molecular formula is C11H10Cl2N2O2S2. The SMILES string of the molecule is Nc1cc(Cl)cc(Cl)c1S(=O)(=O)NCc1cccs1. The molecule has 0 fully saturated rings. The molecule has 3 N–H and O–H groups in total. The highest BCUT2D eigenvalue weighted by Crippen LogP contribution is 2.31. The minimum Gasteiger partial charge on any atom is -0.398 e. The van der Waals surface area contributed by atoms with Crippen LogP contribution < -0.4 is 10.5 Å². The predicted molar refractivity (Wildman–Crippen MR) is 79.2 cm³/mol. The van der Waals surface area contributed by atoms with Gasteiger partial charge in [-0.05, 0) is 23.6 Å². The average molecular weight is 337 g/mol. The van der Waals surface area contributed by atoms with Gasteiger partial charge in [0.25, 0.3) is 0 Å². The summed E-state index contributed by atoms with van der Waals surface area (Å²) in [6.45, 7) is 0.193. The Morgan fingerprint density at radius 2 is 2.05 bits per heavy atom. The van der Waals surface area contributed by atoms with Crippen molar-refractivity contribution in [2.45, 2.75) is 11.4 Å². The zero-order valence-electron chi connectivity index (χ0n) is 9.56. The minimum absolute atomic E-state index is 0.00341. The van der Waals surface area contributed by atoms with Gasteiger partial charge in [-0.25, -0.2) is 13.1 Å². The van der Waals surface area contributed by atoms with Gasteiger partial charge in [-0.3, -0.25) is 0 Å². The van der Waals surface area contributed by atoms with Gasteiger partial charge in [-0.2, -0.15) is 0 Å². The monoisotopic (exact) mass is 336 g/mol. The molecule has 19 heavy (non-hydrogen) atoms. The van der Waals surface area contributed by atoms with Crippen LogP contribution in [0.1, 0.15) is 4.88 Å². The topological polar surface area (TPSA) is 72.2 Å². The largest absolute Gasteiger partial charge is 0.398 e. The van der Waals surface area contributed by atoms with Crippen molar-refractivity contribution < 1.29 is 8.42 Å². The molecule has 0 bridgehead atoms. The number of rotatable bonds is 4. The quantitative estimate of drug-likeness (QED) is 0.842. The lowest BCUT2D eigenvalue weighted by molar-refractivity contribution is 0.582. The molecule has 2 rings (SSSR count). The first kappa shape index (κ1) is 14.6. The number of sulfonamides is 1. The molecule has 0 spiro atoms. The van der Waals surface area contributed by atoms with Crippen molar-refractivity contribution in [2.75, 3.05) is 5.73 Å². The van der Waals surface area contributed by atoms with Crippen molar-refractivity contribution >= 4 is 50.2 Å². The van der Waals surface area contributed by atoms with E-state index in [1.54, 1.807) is 0 Å². The van der Waals surface area contributed by atoms with Gasteiger partial charge >= 0.3 is 0 Å². The maximum absolute atomic E-state index is 12.2. The second-order valence-corrected chi connectivity index (χ2v) is 7.29. The van der Waals surface area contributed by atoms with Crippen LogP contribution >= 0.6 is 34.5 Å². The molecule has 0 aliphatic carbocycles. The maximum atomic E-state index is 12.2. The number of nitrogens with two attached hydrogens (primary N) is 1. The molecular weight excluding hydrogens is 327 g/mol. The molecule has 0 saturated heterocycles. The van der Waals surface area contributed by atoms with Crippen LogP contribution in [-0.2, 0) is 16.6 Å². The molecule has 0 amide bonds. The van der Waals surface area contributed by atoms with Crippen molar-refractivity contribution in [1.29, 1.82) is 0 Å². The first-order chi connectivity index (χ1) is 8.90. The third-order valence-electron chi connectivity index (χ3n) is 2.32.